The first-order valence-corrected chi connectivity index (χ1v) is 11.9. The Morgan fingerprint density at radius 1 is 1.00 bits per heavy atom. The second-order valence-electron chi connectivity index (χ2n) is 7.02. The molecule has 4 aromatic rings. The summed E-state index contributed by atoms with van der Waals surface area (Å²) in [7, 11) is 1.39. The highest BCUT2D eigenvalue weighted by atomic mass is 32.2. The van der Waals surface area contributed by atoms with Crippen molar-refractivity contribution in [2.24, 2.45) is 0 Å². The summed E-state index contributed by atoms with van der Waals surface area (Å²) in [5.74, 6) is 1.42. The van der Waals surface area contributed by atoms with Crippen LogP contribution in [-0.2, 0) is 29.9 Å². The van der Waals surface area contributed by atoms with E-state index in [2.05, 4.69) is 56.5 Å². The summed E-state index contributed by atoms with van der Waals surface area (Å²) in [6.45, 7) is 0.835. The smallest absolute Gasteiger partial charge is 0.337 e. The number of carbonyl (C=O) groups excluding carboxylic acids is 1. The Balaban J connectivity index is 1.49. The van der Waals surface area contributed by atoms with Crippen LogP contribution in [0.5, 0.6) is 0 Å². The van der Waals surface area contributed by atoms with Gasteiger partial charge in [0.25, 0.3) is 0 Å². The number of rotatable bonds is 9. The fraction of sp³-hybridized carbons (Fsp3) is 0.208. The Morgan fingerprint density at radius 2 is 1.81 bits per heavy atom. The predicted octanol–water partition coefficient (Wildman–Crippen LogP) is 5.25. The van der Waals surface area contributed by atoms with Gasteiger partial charge in [0.1, 0.15) is 5.82 Å². The maximum absolute atomic E-state index is 11.6. The van der Waals surface area contributed by atoms with Crippen molar-refractivity contribution in [2.75, 3.05) is 7.11 Å². The standard InChI is InChI=1S/C24H23N3O2S2/c1-29-23(28)20-11-9-19(10-12-20)17-31-24-26-25-22(16-21-8-5-15-30-21)27(24)14-13-18-6-3-2-4-7-18/h2-12,15H,13-14,16-17H2,1H3. The normalized spacial score (nSPS) is 10.9. The van der Waals surface area contributed by atoms with Crippen molar-refractivity contribution in [1.82, 2.24) is 14.8 Å². The van der Waals surface area contributed by atoms with E-state index in [1.165, 1.54) is 17.6 Å². The average Bonchev–Trinajstić information content (AvgIpc) is 3.47. The number of nitrogens with zero attached hydrogens (tertiary/aromatic N) is 3. The molecule has 0 amide bonds. The van der Waals surface area contributed by atoms with Gasteiger partial charge in [-0.1, -0.05) is 60.3 Å². The van der Waals surface area contributed by atoms with Crippen molar-refractivity contribution in [3.05, 3.63) is 99.5 Å². The summed E-state index contributed by atoms with van der Waals surface area (Å²) in [4.78, 5) is 12.9. The molecule has 158 valence electrons. The van der Waals surface area contributed by atoms with E-state index in [1.807, 2.05) is 18.2 Å². The highest BCUT2D eigenvalue weighted by Gasteiger charge is 2.14. The van der Waals surface area contributed by atoms with Crippen LogP contribution < -0.4 is 0 Å². The molecule has 0 N–H and O–H groups in total. The number of benzene rings is 2. The Morgan fingerprint density at radius 3 is 2.52 bits per heavy atom. The van der Waals surface area contributed by atoms with Crippen molar-refractivity contribution in [2.45, 2.75) is 30.3 Å². The Labute approximate surface area is 190 Å². The van der Waals surface area contributed by atoms with E-state index >= 15 is 0 Å². The molecule has 0 spiro atoms. The van der Waals surface area contributed by atoms with Gasteiger partial charge in [-0.15, -0.1) is 21.5 Å². The monoisotopic (exact) mass is 449 g/mol. The molecule has 31 heavy (non-hydrogen) atoms. The van der Waals surface area contributed by atoms with Crippen molar-refractivity contribution in [1.29, 1.82) is 0 Å². The molecule has 0 aliphatic heterocycles. The highest BCUT2D eigenvalue weighted by molar-refractivity contribution is 7.98. The van der Waals surface area contributed by atoms with Gasteiger partial charge in [-0.2, -0.15) is 0 Å². The zero-order valence-corrected chi connectivity index (χ0v) is 18.9. The summed E-state index contributed by atoms with van der Waals surface area (Å²) in [6, 6.07) is 22.2. The third-order valence-corrected chi connectivity index (χ3v) is 6.83. The molecule has 2 heterocycles. The molecular weight excluding hydrogens is 426 g/mol. The fourth-order valence-electron chi connectivity index (χ4n) is 3.24. The van der Waals surface area contributed by atoms with Crippen molar-refractivity contribution < 1.29 is 9.53 Å². The minimum absolute atomic E-state index is 0.321. The van der Waals surface area contributed by atoms with Crippen molar-refractivity contribution >= 4 is 29.1 Å². The third-order valence-electron chi connectivity index (χ3n) is 4.92. The molecule has 2 aromatic heterocycles. The quantitative estimate of drug-likeness (QED) is 0.258. The van der Waals surface area contributed by atoms with E-state index in [9.17, 15) is 4.79 Å². The van der Waals surface area contributed by atoms with Crippen LogP contribution in [0, 0.1) is 0 Å². The summed E-state index contributed by atoms with van der Waals surface area (Å²) >= 11 is 3.41. The molecule has 0 aliphatic rings. The maximum atomic E-state index is 11.6. The molecule has 0 atom stereocenters. The molecule has 0 unspecified atom stereocenters. The Hall–Kier alpha value is -2.90. The van der Waals surface area contributed by atoms with Gasteiger partial charge in [-0.05, 0) is 41.1 Å². The van der Waals surface area contributed by atoms with Crippen molar-refractivity contribution in [3.8, 4) is 0 Å². The first-order valence-electron chi connectivity index (χ1n) is 10.0. The molecule has 0 bridgehead atoms. The highest BCUT2D eigenvalue weighted by Crippen LogP contribution is 2.24. The second-order valence-corrected chi connectivity index (χ2v) is 8.99. The molecule has 5 nitrogen and oxygen atoms in total. The minimum atomic E-state index is -0.321. The van der Waals surface area contributed by atoms with E-state index in [0.29, 0.717) is 5.56 Å². The number of ether oxygens (including phenoxy) is 1. The van der Waals surface area contributed by atoms with Gasteiger partial charge in [0.2, 0.25) is 0 Å². The zero-order chi connectivity index (χ0) is 21.5. The molecule has 0 saturated heterocycles. The second kappa shape index (κ2) is 10.4. The molecule has 0 aliphatic carbocycles. The van der Waals surface area contributed by atoms with E-state index in [1.54, 1.807) is 35.2 Å². The molecule has 0 saturated carbocycles. The first kappa shape index (κ1) is 21.3. The van der Waals surface area contributed by atoms with Crippen LogP contribution in [-0.4, -0.2) is 27.8 Å². The molecule has 0 radical (unpaired) electrons. The van der Waals surface area contributed by atoms with Gasteiger partial charge in [-0.3, -0.25) is 0 Å². The summed E-state index contributed by atoms with van der Waals surface area (Å²) in [6.07, 6.45) is 1.71. The number of thioether (sulfide) groups is 1. The zero-order valence-electron chi connectivity index (χ0n) is 17.2. The Bertz CT molecular complexity index is 1110. The average molecular weight is 450 g/mol. The number of thiophene rings is 1. The van der Waals surface area contributed by atoms with E-state index in [4.69, 9.17) is 4.74 Å². The van der Waals surface area contributed by atoms with Crippen molar-refractivity contribution in [3.63, 3.8) is 0 Å². The van der Waals surface area contributed by atoms with Crippen LogP contribution in [0.1, 0.15) is 32.2 Å². The van der Waals surface area contributed by atoms with Gasteiger partial charge in [-0.25, -0.2) is 4.79 Å². The lowest BCUT2D eigenvalue weighted by Crippen LogP contribution is -2.08. The number of carbonyl (C=O) groups is 1. The first-order chi connectivity index (χ1) is 15.2. The van der Waals surface area contributed by atoms with Gasteiger partial charge in [0, 0.05) is 23.6 Å². The molecular formula is C24H23N3O2S2. The fourth-order valence-corrected chi connectivity index (χ4v) is 4.88. The van der Waals surface area contributed by atoms with E-state index in [-0.39, 0.29) is 5.97 Å². The SMILES string of the molecule is COC(=O)c1ccc(CSc2nnc(Cc3cccs3)n2CCc2ccccc2)cc1. The molecule has 7 heteroatoms. The molecule has 0 fully saturated rings. The van der Waals surface area contributed by atoms with Crippen LogP contribution >= 0.6 is 23.1 Å². The summed E-state index contributed by atoms with van der Waals surface area (Å²) in [5.41, 5.74) is 2.98. The van der Waals surface area contributed by atoms with E-state index < -0.39 is 0 Å². The largest absolute Gasteiger partial charge is 0.465 e. The van der Waals surface area contributed by atoms with Crippen LogP contribution in [0.2, 0.25) is 0 Å². The third kappa shape index (κ3) is 5.62. The maximum Gasteiger partial charge on any atom is 0.337 e. The summed E-state index contributed by atoms with van der Waals surface area (Å²) in [5, 5.41) is 12.0. The minimum Gasteiger partial charge on any atom is -0.465 e. The van der Waals surface area contributed by atoms with Gasteiger partial charge >= 0.3 is 5.97 Å². The van der Waals surface area contributed by atoms with Crippen LogP contribution in [0.4, 0.5) is 0 Å². The molecule has 4 rings (SSSR count). The van der Waals surface area contributed by atoms with Gasteiger partial charge in [0.15, 0.2) is 5.16 Å². The lowest BCUT2D eigenvalue weighted by atomic mass is 10.1. The topological polar surface area (TPSA) is 57.0 Å². The number of hydrogen-bond donors (Lipinski definition) is 0. The summed E-state index contributed by atoms with van der Waals surface area (Å²) < 4.78 is 7.00. The number of esters is 1. The Kier molecular flexibility index (Phi) is 7.17. The lowest BCUT2D eigenvalue weighted by Gasteiger charge is -2.10. The number of methoxy groups -OCH3 is 1. The van der Waals surface area contributed by atoms with Gasteiger partial charge in [0.05, 0.1) is 12.7 Å². The van der Waals surface area contributed by atoms with Crippen LogP contribution in [0.15, 0.2) is 77.3 Å². The number of aromatic nitrogens is 3. The van der Waals surface area contributed by atoms with Crippen LogP contribution in [0.25, 0.3) is 0 Å². The number of hydrogen-bond acceptors (Lipinski definition) is 6. The van der Waals surface area contributed by atoms with Gasteiger partial charge < -0.3 is 9.30 Å². The lowest BCUT2D eigenvalue weighted by molar-refractivity contribution is 0.0600. The molecule has 2 aromatic carbocycles. The number of aryl methyl sites for hydroxylation is 1. The van der Waals surface area contributed by atoms with Crippen LogP contribution in [0.3, 0.4) is 0 Å². The van der Waals surface area contributed by atoms with E-state index in [0.717, 1.165) is 41.7 Å². The predicted molar refractivity (Wildman–Crippen MR) is 125 cm³/mol.